The van der Waals surface area contributed by atoms with E-state index in [0.29, 0.717) is 24.2 Å². The zero-order valence-electron chi connectivity index (χ0n) is 11.8. The Hall–Kier alpha value is -3.31. The van der Waals surface area contributed by atoms with Crippen molar-refractivity contribution in [2.75, 3.05) is 0 Å². The lowest BCUT2D eigenvalue weighted by Crippen LogP contribution is -2.34. The van der Waals surface area contributed by atoms with Gasteiger partial charge in [0.05, 0.1) is 23.3 Å². The van der Waals surface area contributed by atoms with Gasteiger partial charge in [0.2, 0.25) is 0 Å². The topological polar surface area (TPSA) is 88.7 Å². The van der Waals surface area contributed by atoms with E-state index in [9.17, 15) is 4.79 Å². The first-order chi connectivity index (χ1) is 10.7. The summed E-state index contributed by atoms with van der Waals surface area (Å²) in [5, 5.41) is 22.9. The minimum Gasteiger partial charge on any atom is -0.334 e. The van der Waals surface area contributed by atoms with Gasteiger partial charge >= 0.3 is 6.03 Å². The van der Waals surface area contributed by atoms with Crippen molar-refractivity contribution in [3.63, 3.8) is 0 Å². The molecule has 22 heavy (non-hydrogen) atoms. The highest BCUT2D eigenvalue weighted by Crippen LogP contribution is 2.04. The van der Waals surface area contributed by atoms with Crippen molar-refractivity contribution in [2.24, 2.45) is 0 Å². The Morgan fingerprint density at radius 2 is 1.14 bits per heavy atom. The van der Waals surface area contributed by atoms with Crippen molar-refractivity contribution in [2.45, 2.75) is 13.1 Å². The molecular weight excluding hydrogens is 276 g/mol. The van der Waals surface area contributed by atoms with Crippen LogP contribution < -0.4 is 10.6 Å². The van der Waals surface area contributed by atoms with Gasteiger partial charge in [-0.25, -0.2) is 4.79 Å². The minimum absolute atomic E-state index is 0.270. The molecule has 0 aliphatic rings. The molecule has 108 valence electrons. The SMILES string of the molecule is N#Cc1ccc(CNC(=O)NCc2ccc(C#N)cc2)cc1. The van der Waals surface area contributed by atoms with E-state index in [1.54, 1.807) is 48.5 Å². The van der Waals surface area contributed by atoms with Crippen LogP contribution in [0.5, 0.6) is 0 Å². The lowest BCUT2D eigenvalue weighted by Gasteiger charge is -2.08. The third-order valence-corrected chi connectivity index (χ3v) is 3.07. The predicted octanol–water partition coefficient (Wildman–Crippen LogP) is 2.43. The maximum atomic E-state index is 11.7. The molecule has 2 N–H and O–H groups in total. The van der Waals surface area contributed by atoms with E-state index in [4.69, 9.17) is 10.5 Å². The summed E-state index contributed by atoms with van der Waals surface area (Å²) in [6.07, 6.45) is 0. The summed E-state index contributed by atoms with van der Waals surface area (Å²) in [5.41, 5.74) is 3.03. The number of carbonyl (C=O) groups excluding carboxylic acids is 1. The number of nitrogens with one attached hydrogen (secondary N) is 2. The second kappa shape index (κ2) is 7.47. The normalized spacial score (nSPS) is 9.36. The summed E-state index contributed by atoms with van der Waals surface area (Å²) >= 11 is 0. The van der Waals surface area contributed by atoms with Crippen LogP contribution in [0.1, 0.15) is 22.3 Å². The molecule has 2 aromatic carbocycles. The van der Waals surface area contributed by atoms with Crippen molar-refractivity contribution in [3.05, 3.63) is 70.8 Å². The number of benzene rings is 2. The molecule has 2 aromatic rings. The predicted molar refractivity (Wildman–Crippen MR) is 81.4 cm³/mol. The van der Waals surface area contributed by atoms with Gasteiger partial charge in [0.15, 0.2) is 0 Å². The van der Waals surface area contributed by atoms with Gasteiger partial charge in [0.25, 0.3) is 0 Å². The van der Waals surface area contributed by atoms with E-state index in [0.717, 1.165) is 11.1 Å². The summed E-state index contributed by atoms with van der Waals surface area (Å²) in [7, 11) is 0. The zero-order chi connectivity index (χ0) is 15.8. The van der Waals surface area contributed by atoms with Gasteiger partial charge in [-0.1, -0.05) is 24.3 Å². The van der Waals surface area contributed by atoms with E-state index in [2.05, 4.69) is 10.6 Å². The van der Waals surface area contributed by atoms with Crippen molar-refractivity contribution in [3.8, 4) is 12.1 Å². The van der Waals surface area contributed by atoms with Crippen LogP contribution in [0.15, 0.2) is 48.5 Å². The maximum Gasteiger partial charge on any atom is 0.315 e. The van der Waals surface area contributed by atoms with Crippen molar-refractivity contribution >= 4 is 6.03 Å². The average Bonchev–Trinajstić information content (AvgIpc) is 2.59. The van der Waals surface area contributed by atoms with Gasteiger partial charge in [-0.15, -0.1) is 0 Å². The fraction of sp³-hybridized carbons (Fsp3) is 0.118. The number of urea groups is 1. The Morgan fingerprint density at radius 3 is 1.45 bits per heavy atom. The van der Waals surface area contributed by atoms with Gasteiger partial charge < -0.3 is 10.6 Å². The van der Waals surface area contributed by atoms with Crippen LogP contribution in [-0.2, 0) is 13.1 Å². The van der Waals surface area contributed by atoms with Crippen molar-refractivity contribution in [1.82, 2.24) is 10.6 Å². The fourth-order valence-corrected chi connectivity index (χ4v) is 1.82. The highest BCUT2D eigenvalue weighted by Gasteiger charge is 2.01. The lowest BCUT2D eigenvalue weighted by molar-refractivity contribution is 0.240. The first-order valence-electron chi connectivity index (χ1n) is 6.71. The summed E-state index contributed by atoms with van der Waals surface area (Å²) in [6, 6.07) is 17.9. The summed E-state index contributed by atoms with van der Waals surface area (Å²) in [6.45, 7) is 0.788. The van der Waals surface area contributed by atoms with E-state index in [-0.39, 0.29) is 6.03 Å². The van der Waals surface area contributed by atoms with E-state index in [1.807, 2.05) is 12.1 Å². The highest BCUT2D eigenvalue weighted by atomic mass is 16.2. The second-order valence-corrected chi connectivity index (χ2v) is 4.65. The monoisotopic (exact) mass is 290 g/mol. The van der Waals surface area contributed by atoms with E-state index < -0.39 is 0 Å². The molecule has 0 heterocycles. The number of hydrogen-bond donors (Lipinski definition) is 2. The van der Waals surface area contributed by atoms with Crippen LogP contribution in [-0.4, -0.2) is 6.03 Å². The Labute approximate surface area is 128 Å². The number of nitrogens with zero attached hydrogens (tertiary/aromatic N) is 2. The zero-order valence-corrected chi connectivity index (χ0v) is 11.8. The third kappa shape index (κ3) is 4.36. The molecular formula is C17H14N4O. The standard InChI is InChI=1S/C17H14N4O/c18-9-13-1-5-15(6-2-13)11-20-17(22)21-12-16-7-3-14(10-19)4-8-16/h1-8H,11-12H2,(H2,20,21,22). The second-order valence-electron chi connectivity index (χ2n) is 4.65. The largest absolute Gasteiger partial charge is 0.334 e. The number of rotatable bonds is 4. The molecule has 0 saturated heterocycles. The van der Waals surface area contributed by atoms with Crippen LogP contribution >= 0.6 is 0 Å². The van der Waals surface area contributed by atoms with E-state index in [1.165, 1.54) is 0 Å². The van der Waals surface area contributed by atoms with Crippen LogP contribution in [0.25, 0.3) is 0 Å². The minimum atomic E-state index is -0.270. The van der Waals surface area contributed by atoms with Crippen LogP contribution in [0, 0.1) is 22.7 Å². The molecule has 0 spiro atoms. The molecule has 0 radical (unpaired) electrons. The lowest BCUT2D eigenvalue weighted by atomic mass is 10.1. The van der Waals surface area contributed by atoms with E-state index >= 15 is 0 Å². The molecule has 0 aromatic heterocycles. The molecule has 0 fully saturated rings. The Morgan fingerprint density at radius 1 is 0.773 bits per heavy atom. The molecule has 0 bridgehead atoms. The number of hydrogen-bond acceptors (Lipinski definition) is 3. The van der Waals surface area contributed by atoms with Crippen molar-refractivity contribution in [1.29, 1.82) is 10.5 Å². The molecule has 5 heteroatoms. The van der Waals surface area contributed by atoms with Crippen LogP contribution in [0.3, 0.4) is 0 Å². The molecule has 5 nitrogen and oxygen atoms in total. The Bertz CT molecular complexity index is 658. The van der Waals surface area contributed by atoms with Crippen molar-refractivity contribution < 1.29 is 4.79 Å². The quantitative estimate of drug-likeness (QED) is 0.906. The number of carbonyl (C=O) groups is 1. The van der Waals surface area contributed by atoms with Crippen LogP contribution in [0.4, 0.5) is 4.79 Å². The summed E-state index contributed by atoms with van der Waals surface area (Å²) in [5.74, 6) is 0. The maximum absolute atomic E-state index is 11.7. The van der Waals surface area contributed by atoms with Gasteiger partial charge in [-0.3, -0.25) is 0 Å². The fourth-order valence-electron chi connectivity index (χ4n) is 1.82. The highest BCUT2D eigenvalue weighted by molar-refractivity contribution is 5.73. The Kier molecular flexibility index (Phi) is 5.12. The number of nitriles is 2. The van der Waals surface area contributed by atoms with Gasteiger partial charge in [0, 0.05) is 13.1 Å². The average molecular weight is 290 g/mol. The van der Waals surface area contributed by atoms with Gasteiger partial charge in [-0.05, 0) is 35.4 Å². The molecule has 0 atom stereocenters. The molecule has 2 rings (SSSR count). The van der Waals surface area contributed by atoms with Gasteiger partial charge in [-0.2, -0.15) is 10.5 Å². The molecule has 0 aliphatic heterocycles. The summed E-state index contributed by atoms with van der Waals surface area (Å²) < 4.78 is 0. The third-order valence-electron chi connectivity index (χ3n) is 3.07. The van der Waals surface area contributed by atoms with Crippen LogP contribution in [0.2, 0.25) is 0 Å². The first kappa shape index (κ1) is 15.1. The smallest absolute Gasteiger partial charge is 0.315 e. The molecule has 0 unspecified atom stereocenters. The number of amides is 2. The first-order valence-corrected chi connectivity index (χ1v) is 6.71. The molecule has 2 amide bonds. The Balaban J connectivity index is 1.77. The molecule has 0 aliphatic carbocycles. The summed E-state index contributed by atoms with van der Waals surface area (Å²) in [4.78, 5) is 11.7. The van der Waals surface area contributed by atoms with Gasteiger partial charge in [0.1, 0.15) is 0 Å². The molecule has 0 saturated carbocycles.